The fourth-order valence-electron chi connectivity index (χ4n) is 2.37. The molecule has 3 rings (SSSR count). The normalized spacial score (nSPS) is 17.4. The molecule has 0 saturated carbocycles. The number of halogens is 2. The molecular weight excluding hydrogens is 251 g/mol. The van der Waals surface area contributed by atoms with Crippen LogP contribution in [-0.4, -0.2) is 6.10 Å². The van der Waals surface area contributed by atoms with Gasteiger partial charge >= 0.3 is 0 Å². The largest absolute Gasteiger partial charge is 0.489 e. The van der Waals surface area contributed by atoms with Crippen LogP contribution in [0.25, 0.3) is 11.1 Å². The van der Waals surface area contributed by atoms with Gasteiger partial charge in [0.05, 0.1) is 0 Å². The van der Waals surface area contributed by atoms with Crippen LogP contribution < -0.4 is 4.74 Å². The molecule has 0 amide bonds. The van der Waals surface area contributed by atoms with Crippen molar-refractivity contribution in [3.05, 3.63) is 52.8 Å². The van der Waals surface area contributed by atoms with Gasteiger partial charge in [-0.3, -0.25) is 0 Å². The summed E-state index contributed by atoms with van der Waals surface area (Å²) >= 11 is 6.10. The van der Waals surface area contributed by atoms with Gasteiger partial charge in [0.25, 0.3) is 0 Å². The summed E-state index contributed by atoms with van der Waals surface area (Å²) in [5.41, 5.74) is 2.32. The van der Waals surface area contributed by atoms with Crippen LogP contribution in [0.3, 0.4) is 0 Å². The van der Waals surface area contributed by atoms with Crippen LogP contribution in [0, 0.1) is 5.82 Å². The van der Waals surface area contributed by atoms with Crippen molar-refractivity contribution in [1.82, 2.24) is 0 Å². The molecule has 0 N–H and O–H groups in total. The number of hydrogen-bond donors (Lipinski definition) is 0. The topological polar surface area (TPSA) is 9.23 Å². The van der Waals surface area contributed by atoms with E-state index in [1.165, 1.54) is 6.07 Å². The molecule has 0 aromatic heterocycles. The minimum Gasteiger partial charge on any atom is -0.489 e. The molecule has 1 atom stereocenters. The Hall–Kier alpha value is -1.54. The van der Waals surface area contributed by atoms with Gasteiger partial charge < -0.3 is 4.74 Å². The van der Waals surface area contributed by atoms with Gasteiger partial charge in [-0.2, -0.15) is 0 Å². The molecule has 1 nitrogen and oxygen atoms in total. The van der Waals surface area contributed by atoms with E-state index >= 15 is 0 Å². The van der Waals surface area contributed by atoms with Crippen molar-refractivity contribution in [2.45, 2.75) is 19.4 Å². The van der Waals surface area contributed by atoms with Gasteiger partial charge in [-0.15, -0.1) is 0 Å². The lowest BCUT2D eigenvalue weighted by atomic mass is 10.0. The van der Waals surface area contributed by atoms with Crippen LogP contribution in [0.5, 0.6) is 5.75 Å². The smallest absolute Gasteiger partial charge is 0.131 e. The first-order valence-electron chi connectivity index (χ1n) is 5.89. The SMILES string of the molecule is CC1Cc2cc(Cl)cc(-c3ccccc3F)c2O1. The summed E-state index contributed by atoms with van der Waals surface area (Å²) in [6.07, 6.45) is 0.932. The maximum atomic E-state index is 13.9. The maximum absolute atomic E-state index is 13.9. The van der Waals surface area contributed by atoms with Crippen LogP contribution in [0.15, 0.2) is 36.4 Å². The highest BCUT2D eigenvalue weighted by Gasteiger charge is 2.24. The van der Waals surface area contributed by atoms with Gasteiger partial charge in [0.1, 0.15) is 17.7 Å². The molecule has 0 fully saturated rings. The summed E-state index contributed by atoms with van der Waals surface area (Å²) in [6.45, 7) is 2.00. The molecule has 0 saturated heterocycles. The molecule has 0 radical (unpaired) electrons. The first-order chi connectivity index (χ1) is 8.65. The van der Waals surface area contributed by atoms with Crippen LogP contribution in [0.1, 0.15) is 12.5 Å². The molecule has 0 spiro atoms. The second kappa shape index (κ2) is 4.29. The predicted molar refractivity (Wildman–Crippen MR) is 70.6 cm³/mol. The Balaban J connectivity index is 2.22. The third-order valence-corrected chi connectivity index (χ3v) is 3.34. The van der Waals surface area contributed by atoms with E-state index in [0.717, 1.165) is 23.3 Å². The van der Waals surface area contributed by atoms with Crippen LogP contribution in [-0.2, 0) is 6.42 Å². The summed E-state index contributed by atoms with van der Waals surface area (Å²) in [4.78, 5) is 0. The van der Waals surface area contributed by atoms with Crippen molar-refractivity contribution in [3.8, 4) is 16.9 Å². The number of rotatable bonds is 1. The minimum atomic E-state index is -0.259. The molecule has 1 unspecified atom stereocenters. The number of ether oxygens (including phenoxy) is 1. The Morgan fingerprint density at radius 1 is 1.22 bits per heavy atom. The second-order valence-electron chi connectivity index (χ2n) is 4.55. The second-order valence-corrected chi connectivity index (χ2v) is 4.99. The van der Waals surface area contributed by atoms with E-state index in [0.29, 0.717) is 10.6 Å². The summed E-state index contributed by atoms with van der Waals surface area (Å²) in [5.74, 6) is 0.502. The molecule has 2 aromatic rings. The fourth-order valence-corrected chi connectivity index (χ4v) is 2.61. The molecule has 3 heteroatoms. The summed E-state index contributed by atoms with van der Waals surface area (Å²) in [5, 5.41) is 0.615. The number of benzene rings is 2. The van der Waals surface area contributed by atoms with Crippen molar-refractivity contribution in [1.29, 1.82) is 0 Å². The molecule has 1 aliphatic rings. The minimum absolute atomic E-state index is 0.115. The van der Waals surface area contributed by atoms with Gasteiger partial charge in [0, 0.05) is 22.6 Å². The van der Waals surface area contributed by atoms with Crippen molar-refractivity contribution in [2.24, 2.45) is 0 Å². The van der Waals surface area contributed by atoms with Gasteiger partial charge in [-0.25, -0.2) is 4.39 Å². The number of hydrogen-bond acceptors (Lipinski definition) is 1. The highest BCUT2D eigenvalue weighted by atomic mass is 35.5. The standard InChI is InChI=1S/C15H12ClFO/c1-9-6-10-7-11(16)8-13(15(10)18-9)12-4-2-3-5-14(12)17/h2-5,7-9H,6H2,1H3. The van der Waals surface area contributed by atoms with Gasteiger partial charge in [-0.1, -0.05) is 29.8 Å². The first-order valence-corrected chi connectivity index (χ1v) is 6.27. The van der Waals surface area contributed by atoms with Crippen molar-refractivity contribution in [2.75, 3.05) is 0 Å². The molecular formula is C15H12ClFO. The highest BCUT2D eigenvalue weighted by molar-refractivity contribution is 6.31. The first kappa shape index (κ1) is 11.5. The van der Waals surface area contributed by atoms with Gasteiger partial charge in [0.15, 0.2) is 0 Å². The average molecular weight is 263 g/mol. The molecule has 0 bridgehead atoms. The van der Waals surface area contributed by atoms with Crippen LogP contribution >= 0.6 is 11.6 Å². The Kier molecular flexibility index (Phi) is 2.75. The lowest BCUT2D eigenvalue weighted by Gasteiger charge is -2.11. The zero-order chi connectivity index (χ0) is 12.7. The molecule has 2 aromatic carbocycles. The zero-order valence-electron chi connectivity index (χ0n) is 9.91. The summed E-state index contributed by atoms with van der Waals surface area (Å²) < 4.78 is 19.7. The van der Waals surface area contributed by atoms with E-state index < -0.39 is 0 Å². The molecule has 0 aliphatic carbocycles. The average Bonchev–Trinajstić information content (AvgIpc) is 2.69. The Labute approximate surface area is 110 Å². The Morgan fingerprint density at radius 3 is 2.78 bits per heavy atom. The lowest BCUT2D eigenvalue weighted by Crippen LogP contribution is -2.05. The third kappa shape index (κ3) is 1.87. The van der Waals surface area contributed by atoms with Crippen molar-refractivity contribution in [3.63, 3.8) is 0 Å². The van der Waals surface area contributed by atoms with E-state index in [1.807, 2.05) is 19.1 Å². The van der Waals surface area contributed by atoms with E-state index in [2.05, 4.69) is 0 Å². The molecule has 92 valence electrons. The zero-order valence-corrected chi connectivity index (χ0v) is 10.7. The molecule has 1 heterocycles. The van der Waals surface area contributed by atoms with Crippen molar-refractivity contribution < 1.29 is 9.13 Å². The maximum Gasteiger partial charge on any atom is 0.131 e. The predicted octanol–water partition coefficient (Wildman–Crippen LogP) is 4.47. The van der Waals surface area contributed by atoms with Gasteiger partial charge in [-0.05, 0) is 30.7 Å². The van der Waals surface area contributed by atoms with E-state index in [1.54, 1.807) is 18.2 Å². The number of fused-ring (bicyclic) bond motifs is 1. The van der Waals surface area contributed by atoms with Gasteiger partial charge in [0.2, 0.25) is 0 Å². The summed E-state index contributed by atoms with van der Waals surface area (Å²) in [7, 11) is 0. The fraction of sp³-hybridized carbons (Fsp3) is 0.200. The molecule has 1 aliphatic heterocycles. The van der Waals surface area contributed by atoms with E-state index in [-0.39, 0.29) is 11.9 Å². The quantitative estimate of drug-likeness (QED) is 0.737. The lowest BCUT2D eigenvalue weighted by molar-refractivity contribution is 0.255. The van der Waals surface area contributed by atoms with E-state index in [9.17, 15) is 4.39 Å². The Bertz CT molecular complexity index is 609. The van der Waals surface area contributed by atoms with Crippen LogP contribution in [0.2, 0.25) is 5.02 Å². The third-order valence-electron chi connectivity index (χ3n) is 3.12. The Morgan fingerprint density at radius 2 is 2.00 bits per heavy atom. The highest BCUT2D eigenvalue weighted by Crippen LogP contribution is 2.41. The van der Waals surface area contributed by atoms with Crippen molar-refractivity contribution >= 4 is 11.6 Å². The van der Waals surface area contributed by atoms with E-state index in [4.69, 9.17) is 16.3 Å². The monoisotopic (exact) mass is 262 g/mol. The molecule has 18 heavy (non-hydrogen) atoms. The van der Waals surface area contributed by atoms with Crippen LogP contribution in [0.4, 0.5) is 4.39 Å². The summed E-state index contributed by atoms with van der Waals surface area (Å²) in [6, 6.07) is 10.3.